The normalized spacial score (nSPS) is 10.4. The third kappa shape index (κ3) is 50.6. The number of nitriles is 1. The van der Waals surface area contributed by atoms with Crippen LogP contribution in [0.25, 0.3) is 4.85 Å². The quantitative estimate of drug-likeness (QED) is 0.0284. The van der Waals surface area contributed by atoms with Crippen molar-refractivity contribution in [3.05, 3.63) is 64.5 Å². The van der Waals surface area contributed by atoms with Gasteiger partial charge in [0, 0.05) is 35.8 Å². The Morgan fingerprint density at radius 2 is 0.625 bits per heavy atom. The van der Waals surface area contributed by atoms with E-state index in [0.717, 1.165) is 83.7 Å². The van der Waals surface area contributed by atoms with Gasteiger partial charge in [0.2, 0.25) is 6.54 Å². The molecule has 80 heavy (non-hydrogen) atoms. The van der Waals surface area contributed by atoms with E-state index in [9.17, 15) is 9.65 Å². The van der Waals surface area contributed by atoms with Crippen molar-refractivity contribution in [2.75, 3.05) is 33.6 Å². The van der Waals surface area contributed by atoms with E-state index in [-0.39, 0.29) is 44.5 Å². The SMILES string of the molecule is CCCCCCCCCCCCOc1cc(CBr)c(OCCCCCCCCCCCC)cc1CBr.[2H]CF.[B].[C-]#N.[C-]#[N+]Cc1cc(OCCCCCCCCCCCC)c(CC#N)cc1OCCCCCCCCCCCC.[Na+]. The van der Waals surface area contributed by atoms with Crippen molar-refractivity contribution < 1.29 is 54.3 Å². The number of hydrogen-bond acceptors (Lipinski definition) is 6. The first-order valence-electron chi connectivity index (χ1n) is 32.4. The summed E-state index contributed by atoms with van der Waals surface area (Å²) in [5.41, 5.74) is 4.10. The largest absolute Gasteiger partial charge is 1.00 e. The second kappa shape index (κ2) is 69.6. The molecule has 0 atom stereocenters. The third-order valence-corrected chi connectivity index (χ3v) is 15.5. The Kier molecular flexibility index (Phi) is 71.5. The summed E-state index contributed by atoms with van der Waals surface area (Å²) >= 11 is 7.30. The molecule has 2 aromatic carbocycles. The van der Waals surface area contributed by atoms with E-state index in [1.165, 1.54) is 242 Å². The predicted octanol–water partition coefficient (Wildman–Crippen LogP) is 20.2. The Balaban J connectivity index is -0.000000663. The van der Waals surface area contributed by atoms with Gasteiger partial charge in [0.05, 0.1) is 53.0 Å². The molecule has 0 N–H and O–H groups in total. The molecule has 2 aromatic rings. The monoisotopic (exact) mass is 1250 g/mol. The molecule has 0 aromatic heterocycles. The van der Waals surface area contributed by atoms with E-state index >= 15 is 0 Å². The average Bonchev–Trinajstić information content (AvgIpc) is 3.47. The molecular weight excluding hydrogens is 1140 g/mol. The summed E-state index contributed by atoms with van der Waals surface area (Å²) in [6.07, 6.45) is 53.1. The zero-order valence-electron chi connectivity index (χ0n) is 53.1. The molecular formula is C68H115BBr2FN3NaO4. The van der Waals surface area contributed by atoms with Crippen LogP contribution in [0.1, 0.15) is 308 Å². The maximum atomic E-state index is 9.96. The van der Waals surface area contributed by atoms with E-state index in [4.69, 9.17) is 38.7 Å². The van der Waals surface area contributed by atoms with Gasteiger partial charge in [0.1, 0.15) is 23.0 Å². The van der Waals surface area contributed by atoms with Crippen LogP contribution >= 0.6 is 31.9 Å². The smallest absolute Gasteiger partial charge is 0.512 e. The van der Waals surface area contributed by atoms with Crippen LogP contribution < -0.4 is 48.5 Å². The van der Waals surface area contributed by atoms with Crippen molar-refractivity contribution in [2.24, 2.45) is 0 Å². The van der Waals surface area contributed by atoms with E-state index < -0.39 is 7.15 Å². The van der Waals surface area contributed by atoms with Crippen molar-refractivity contribution in [1.82, 2.24) is 0 Å². The summed E-state index contributed by atoms with van der Waals surface area (Å²) in [6, 6.07) is 10.5. The molecule has 12 heteroatoms. The van der Waals surface area contributed by atoms with Crippen molar-refractivity contribution >= 4 is 40.3 Å². The Labute approximate surface area is 536 Å². The number of benzene rings is 2. The third-order valence-electron chi connectivity index (χ3n) is 14.3. The van der Waals surface area contributed by atoms with Gasteiger partial charge in [0.25, 0.3) is 0 Å². The fraction of sp³-hybridized carbons (Fsp3) is 0.779. The van der Waals surface area contributed by atoms with Gasteiger partial charge in [-0.1, -0.05) is 291 Å². The molecule has 0 unspecified atom stereocenters. The molecule has 0 bridgehead atoms. The van der Waals surface area contributed by atoms with Crippen LogP contribution in [0.4, 0.5) is 4.39 Å². The number of ether oxygens (including phenoxy) is 4. The van der Waals surface area contributed by atoms with Crippen molar-refractivity contribution in [2.45, 2.75) is 308 Å². The molecule has 0 aliphatic heterocycles. The second-order valence-electron chi connectivity index (χ2n) is 21.2. The minimum atomic E-state index is -1.00. The van der Waals surface area contributed by atoms with Crippen molar-refractivity contribution in [3.8, 4) is 29.1 Å². The first kappa shape index (κ1) is 82.3. The van der Waals surface area contributed by atoms with Crippen LogP contribution in [0.15, 0.2) is 24.3 Å². The van der Waals surface area contributed by atoms with Crippen LogP contribution in [0.5, 0.6) is 23.0 Å². The molecule has 451 valence electrons. The fourth-order valence-corrected chi connectivity index (χ4v) is 10.4. The predicted molar refractivity (Wildman–Crippen MR) is 345 cm³/mol. The number of nitrogens with zero attached hydrogens (tertiary/aromatic N) is 3. The molecule has 0 spiro atoms. The van der Waals surface area contributed by atoms with Gasteiger partial charge < -0.3 is 35.6 Å². The Morgan fingerprint density at radius 3 is 0.850 bits per heavy atom. The van der Waals surface area contributed by atoms with Gasteiger partial charge in [-0.05, 0) is 49.9 Å². The van der Waals surface area contributed by atoms with Crippen LogP contribution in [0.2, 0.25) is 0 Å². The van der Waals surface area contributed by atoms with Gasteiger partial charge in [-0.3, -0.25) is 4.39 Å². The average molecular weight is 1250 g/mol. The summed E-state index contributed by atoms with van der Waals surface area (Å²) in [5, 5.41) is 17.2. The van der Waals surface area contributed by atoms with Crippen molar-refractivity contribution in [1.29, 1.82) is 10.5 Å². The Hall–Kier alpha value is -1.94. The minimum absolute atomic E-state index is 0. The number of halogens is 3. The van der Waals surface area contributed by atoms with Crippen LogP contribution in [-0.4, -0.2) is 42.0 Å². The molecule has 0 saturated carbocycles. The molecule has 7 nitrogen and oxygen atoms in total. The summed E-state index contributed by atoms with van der Waals surface area (Å²) in [7, 11) is -1.00. The molecule has 2 rings (SSSR count). The molecule has 0 saturated heterocycles. The summed E-state index contributed by atoms with van der Waals surface area (Å²) < 4.78 is 40.1. The fourth-order valence-electron chi connectivity index (χ4n) is 9.55. The van der Waals surface area contributed by atoms with Gasteiger partial charge in [-0.15, -0.1) is 0 Å². The van der Waals surface area contributed by atoms with E-state index in [1.54, 1.807) is 0 Å². The Morgan fingerprint density at radius 1 is 0.425 bits per heavy atom. The van der Waals surface area contributed by atoms with Crippen LogP contribution in [0, 0.1) is 29.7 Å². The number of hydrogen-bond donors (Lipinski definition) is 0. The van der Waals surface area contributed by atoms with Gasteiger partial charge >= 0.3 is 29.6 Å². The zero-order chi connectivity index (χ0) is 58.3. The molecule has 3 radical (unpaired) electrons. The van der Waals surface area contributed by atoms with E-state index in [2.05, 4.69) is 82.6 Å². The Bertz CT molecular complexity index is 1620. The number of unbranched alkanes of at least 4 members (excludes halogenated alkanes) is 36. The van der Waals surface area contributed by atoms with E-state index in [1.807, 2.05) is 12.1 Å². The maximum Gasteiger partial charge on any atom is 1.00 e. The zero-order valence-corrected chi connectivity index (χ0v) is 57.3. The second-order valence-corrected chi connectivity index (χ2v) is 22.3. The van der Waals surface area contributed by atoms with Crippen molar-refractivity contribution in [3.63, 3.8) is 0 Å². The van der Waals surface area contributed by atoms with E-state index in [0.29, 0.717) is 19.6 Å². The first-order valence-corrected chi connectivity index (χ1v) is 33.9. The molecule has 0 aliphatic carbocycles. The summed E-state index contributed by atoms with van der Waals surface area (Å²) in [4.78, 5) is 3.60. The number of alkyl halides is 3. The molecule has 0 amide bonds. The number of rotatable bonds is 52. The molecule has 0 aliphatic rings. The van der Waals surface area contributed by atoms with Gasteiger partial charge in [-0.25, -0.2) is 6.57 Å². The minimum Gasteiger partial charge on any atom is -0.512 e. The summed E-state index contributed by atoms with van der Waals surface area (Å²) in [6.45, 7) is 24.4. The summed E-state index contributed by atoms with van der Waals surface area (Å²) in [5.74, 6) is 3.49. The molecule has 0 heterocycles. The van der Waals surface area contributed by atoms with Crippen LogP contribution in [-0.2, 0) is 23.6 Å². The first-order chi connectivity index (χ1) is 38.9. The standard InChI is InChI=1S/C34H56N2O2.C32H56Br2O2.CH3F.CN.B.Na/c1-4-6-8-10-12-14-16-18-20-22-26-37-33-29-32(30-36-3)34(28-31(33)24-25-35)38-27-23-21-19-17-15-13-11-9-7-5-2;1-3-5-7-9-11-13-15-17-19-21-23-35-31-25-30(28-34)32(26-29(31)27-33)36-24-22-20-18-16-14-12-10-8-6-4-2;2*1-2;;/h28-29H,4-24,26-27,30H2,1-2H3;25-26H,3-24,27-28H2,1-2H3;1H3;;;/q;;;-1;;+1/i;;1D;;;. The topological polar surface area (TPSA) is 88.9 Å². The van der Waals surface area contributed by atoms with Gasteiger partial charge in [0.15, 0.2) is 0 Å². The maximum absolute atomic E-state index is 9.96. The van der Waals surface area contributed by atoms with Gasteiger partial charge in [-0.2, -0.15) is 5.26 Å². The van der Waals surface area contributed by atoms with Crippen LogP contribution in [0.3, 0.4) is 0 Å². The molecule has 0 fully saturated rings.